The Morgan fingerprint density at radius 2 is 1.34 bits per heavy atom. The minimum Gasteiger partial charge on any atom is -0.382 e. The Bertz CT molecular complexity index is 667. The number of allylic oxidation sites excluding steroid dienone is 2. The second-order valence-corrected chi connectivity index (χ2v) is 8.17. The van der Waals surface area contributed by atoms with Gasteiger partial charge in [0, 0.05) is 18.8 Å². The van der Waals surface area contributed by atoms with Gasteiger partial charge in [-0.2, -0.15) is 0 Å². The number of nitrogens with one attached hydrogen (secondary N) is 1. The van der Waals surface area contributed by atoms with Crippen LogP contribution in [0.15, 0.2) is 30.1 Å². The van der Waals surface area contributed by atoms with Gasteiger partial charge in [0.2, 0.25) is 11.6 Å². The zero-order valence-electron chi connectivity index (χ0n) is 18.2. The molecular formula is C25H38N2O2. The number of carbonyl (C=O) groups is 2. The second kappa shape index (κ2) is 14.1. The molecule has 29 heavy (non-hydrogen) atoms. The van der Waals surface area contributed by atoms with E-state index >= 15 is 0 Å². The Morgan fingerprint density at radius 1 is 0.793 bits per heavy atom. The van der Waals surface area contributed by atoms with Crippen molar-refractivity contribution in [2.24, 2.45) is 0 Å². The number of fused-ring (bicyclic) bond motifs is 1. The second-order valence-electron chi connectivity index (χ2n) is 8.17. The van der Waals surface area contributed by atoms with Crippen LogP contribution in [0, 0.1) is 0 Å². The summed E-state index contributed by atoms with van der Waals surface area (Å²) in [7, 11) is 0. The van der Waals surface area contributed by atoms with Gasteiger partial charge in [0.05, 0.1) is 11.3 Å². The first-order valence-electron chi connectivity index (χ1n) is 11.7. The maximum atomic E-state index is 12.4. The van der Waals surface area contributed by atoms with Crippen LogP contribution >= 0.6 is 0 Å². The lowest BCUT2D eigenvalue weighted by Crippen LogP contribution is -2.28. The van der Waals surface area contributed by atoms with Crippen LogP contribution in [0.2, 0.25) is 0 Å². The number of unbranched alkanes of at least 4 members (excludes halogenated alkanes) is 13. The fraction of sp³-hybridized carbons (Fsp3) is 0.640. The van der Waals surface area contributed by atoms with Crippen molar-refractivity contribution < 1.29 is 9.59 Å². The van der Waals surface area contributed by atoms with E-state index in [2.05, 4.69) is 17.2 Å². The average Bonchev–Trinajstić information content (AvgIpc) is 2.74. The number of ketones is 2. The van der Waals surface area contributed by atoms with E-state index in [1.807, 2.05) is 0 Å². The largest absolute Gasteiger partial charge is 0.382 e. The van der Waals surface area contributed by atoms with Gasteiger partial charge in [-0.3, -0.25) is 14.6 Å². The van der Waals surface area contributed by atoms with Gasteiger partial charge in [0.15, 0.2) is 0 Å². The summed E-state index contributed by atoms with van der Waals surface area (Å²) >= 11 is 0. The SMILES string of the molecule is CCCCCCCCCCCCCCCCNC1=CC(=O)c2ncccc2C1=O. The van der Waals surface area contributed by atoms with Crippen LogP contribution < -0.4 is 5.32 Å². The molecule has 1 N–H and O–H groups in total. The summed E-state index contributed by atoms with van der Waals surface area (Å²) in [4.78, 5) is 28.5. The molecule has 1 aliphatic rings. The molecule has 0 atom stereocenters. The van der Waals surface area contributed by atoms with Gasteiger partial charge in [-0.25, -0.2) is 0 Å². The molecule has 4 nitrogen and oxygen atoms in total. The van der Waals surface area contributed by atoms with E-state index in [1.165, 1.54) is 83.1 Å². The van der Waals surface area contributed by atoms with Crippen molar-refractivity contribution in [2.75, 3.05) is 6.54 Å². The summed E-state index contributed by atoms with van der Waals surface area (Å²) in [5, 5.41) is 3.15. The molecule has 160 valence electrons. The Balaban J connectivity index is 1.44. The maximum absolute atomic E-state index is 12.4. The van der Waals surface area contributed by atoms with Crippen LogP contribution in [0.5, 0.6) is 0 Å². The summed E-state index contributed by atoms with van der Waals surface area (Å²) in [5.41, 5.74) is 1.08. The van der Waals surface area contributed by atoms with Gasteiger partial charge in [-0.1, -0.05) is 90.4 Å². The van der Waals surface area contributed by atoms with Crippen molar-refractivity contribution in [3.8, 4) is 0 Å². The first-order valence-corrected chi connectivity index (χ1v) is 11.7. The van der Waals surface area contributed by atoms with E-state index < -0.39 is 0 Å². The van der Waals surface area contributed by atoms with Gasteiger partial charge in [0.25, 0.3) is 0 Å². The van der Waals surface area contributed by atoms with Crippen molar-refractivity contribution in [3.05, 3.63) is 41.4 Å². The number of pyridine rings is 1. The number of hydrogen-bond acceptors (Lipinski definition) is 4. The van der Waals surface area contributed by atoms with Gasteiger partial charge in [-0.15, -0.1) is 0 Å². The number of nitrogens with zero attached hydrogens (tertiary/aromatic N) is 1. The molecule has 0 unspecified atom stereocenters. The quantitative estimate of drug-likeness (QED) is 0.327. The molecule has 0 saturated heterocycles. The van der Waals surface area contributed by atoms with E-state index in [4.69, 9.17) is 0 Å². The predicted octanol–water partition coefficient (Wildman–Crippen LogP) is 6.42. The van der Waals surface area contributed by atoms with E-state index in [0.29, 0.717) is 11.3 Å². The number of aromatic nitrogens is 1. The van der Waals surface area contributed by atoms with E-state index in [9.17, 15) is 9.59 Å². The Kier molecular flexibility index (Phi) is 11.3. The van der Waals surface area contributed by atoms with Gasteiger partial charge in [0.1, 0.15) is 5.69 Å². The third-order valence-electron chi connectivity index (χ3n) is 5.65. The third kappa shape index (κ3) is 8.51. The van der Waals surface area contributed by atoms with Crippen molar-refractivity contribution in [3.63, 3.8) is 0 Å². The molecule has 0 fully saturated rings. The fourth-order valence-corrected chi connectivity index (χ4v) is 3.87. The number of carbonyl (C=O) groups excluding carboxylic acids is 2. The standard InChI is InChI=1S/C25H38N2O2/c1-2-3-4-5-6-7-8-9-10-11-12-13-14-15-18-26-22-20-23(28)24-21(25(22)29)17-16-19-27-24/h16-17,19-20,26H,2-15,18H2,1H3. The zero-order valence-corrected chi connectivity index (χ0v) is 18.2. The molecule has 2 rings (SSSR count). The number of Topliss-reactive ketones (excluding diaryl/α,β-unsaturated/α-hetero) is 1. The maximum Gasteiger partial charge on any atom is 0.211 e. The average molecular weight is 399 g/mol. The first kappa shape index (κ1) is 23.3. The lowest BCUT2D eigenvalue weighted by atomic mass is 9.97. The van der Waals surface area contributed by atoms with Crippen molar-refractivity contribution in [1.29, 1.82) is 0 Å². The Labute approximate surface area is 176 Å². The molecule has 0 aliphatic heterocycles. The fourth-order valence-electron chi connectivity index (χ4n) is 3.87. The van der Waals surface area contributed by atoms with Crippen molar-refractivity contribution in [1.82, 2.24) is 10.3 Å². The summed E-state index contributed by atoms with van der Waals surface area (Å²) in [6.45, 7) is 3.00. The number of hydrogen-bond donors (Lipinski definition) is 1. The topological polar surface area (TPSA) is 59.1 Å². The monoisotopic (exact) mass is 398 g/mol. The summed E-state index contributed by atoms with van der Waals surface area (Å²) < 4.78 is 0. The number of rotatable bonds is 16. The summed E-state index contributed by atoms with van der Waals surface area (Å²) in [6, 6.07) is 3.37. The highest BCUT2D eigenvalue weighted by atomic mass is 16.1. The molecule has 4 heteroatoms. The first-order chi connectivity index (χ1) is 14.2. The molecule has 0 amide bonds. The van der Waals surface area contributed by atoms with E-state index in [1.54, 1.807) is 18.3 Å². The smallest absolute Gasteiger partial charge is 0.211 e. The highest BCUT2D eigenvalue weighted by molar-refractivity contribution is 6.23. The molecular weight excluding hydrogens is 360 g/mol. The lowest BCUT2D eigenvalue weighted by molar-refractivity contribution is 0.0975. The Hall–Kier alpha value is -1.97. The van der Waals surface area contributed by atoms with Gasteiger partial charge < -0.3 is 5.32 Å². The molecule has 0 spiro atoms. The van der Waals surface area contributed by atoms with Crippen LogP contribution in [0.1, 0.15) is 118 Å². The van der Waals surface area contributed by atoms with Crippen LogP contribution in [0.4, 0.5) is 0 Å². The minimum absolute atomic E-state index is 0.127. The molecule has 0 radical (unpaired) electrons. The van der Waals surface area contributed by atoms with E-state index in [0.717, 1.165) is 19.4 Å². The van der Waals surface area contributed by atoms with Crippen LogP contribution in [0.3, 0.4) is 0 Å². The molecule has 0 aromatic carbocycles. The van der Waals surface area contributed by atoms with Crippen LogP contribution in [-0.4, -0.2) is 23.1 Å². The lowest BCUT2D eigenvalue weighted by Gasteiger charge is -2.15. The molecule has 0 bridgehead atoms. The van der Waals surface area contributed by atoms with Gasteiger partial charge >= 0.3 is 0 Å². The highest BCUT2D eigenvalue weighted by Crippen LogP contribution is 2.18. The normalized spacial score (nSPS) is 13.3. The third-order valence-corrected chi connectivity index (χ3v) is 5.65. The minimum atomic E-state index is -0.191. The van der Waals surface area contributed by atoms with Gasteiger partial charge in [-0.05, 0) is 18.6 Å². The molecule has 0 saturated carbocycles. The van der Waals surface area contributed by atoms with Crippen molar-refractivity contribution in [2.45, 2.75) is 96.8 Å². The summed E-state index contributed by atoms with van der Waals surface area (Å²) in [6.07, 6.45) is 21.5. The molecule has 1 aliphatic carbocycles. The van der Waals surface area contributed by atoms with Crippen LogP contribution in [0.25, 0.3) is 0 Å². The van der Waals surface area contributed by atoms with E-state index in [-0.39, 0.29) is 17.3 Å². The molecule has 1 heterocycles. The molecule has 1 aromatic heterocycles. The highest BCUT2D eigenvalue weighted by Gasteiger charge is 2.25. The van der Waals surface area contributed by atoms with Crippen LogP contribution in [-0.2, 0) is 0 Å². The molecule has 1 aromatic rings. The van der Waals surface area contributed by atoms with Crippen molar-refractivity contribution >= 4 is 11.6 Å². The Morgan fingerprint density at radius 3 is 1.93 bits per heavy atom. The predicted molar refractivity (Wildman–Crippen MR) is 119 cm³/mol. The zero-order chi connectivity index (χ0) is 20.7. The summed E-state index contributed by atoms with van der Waals surface area (Å²) in [5.74, 6) is -0.318.